The Hall–Kier alpha value is -1.79. The van der Waals surface area contributed by atoms with Crippen LogP contribution in [0.3, 0.4) is 0 Å². The number of fused-ring (bicyclic) bond motifs is 2. The number of para-hydroxylation sites is 1. The third-order valence-corrected chi connectivity index (χ3v) is 6.79. The van der Waals surface area contributed by atoms with E-state index in [-0.39, 0.29) is 30.1 Å². The minimum atomic E-state index is -0.0692. The maximum absolute atomic E-state index is 13.1. The molecule has 0 aliphatic carbocycles. The number of likely N-dealkylation sites (tertiary alicyclic amines) is 1. The second-order valence-corrected chi connectivity index (χ2v) is 8.80. The lowest BCUT2D eigenvalue weighted by Gasteiger charge is -2.39. The van der Waals surface area contributed by atoms with Gasteiger partial charge in [0.1, 0.15) is 5.75 Å². The van der Waals surface area contributed by atoms with Crippen molar-refractivity contribution in [3.8, 4) is 5.75 Å². The molecule has 3 saturated heterocycles. The summed E-state index contributed by atoms with van der Waals surface area (Å²) >= 11 is 0. The maximum atomic E-state index is 13.1. The van der Waals surface area contributed by atoms with E-state index in [0.29, 0.717) is 37.7 Å². The summed E-state index contributed by atoms with van der Waals surface area (Å²) in [5.41, 5.74) is 0. The van der Waals surface area contributed by atoms with Gasteiger partial charge in [-0.25, -0.2) is 0 Å². The quantitative estimate of drug-likeness (QED) is 0.746. The van der Waals surface area contributed by atoms with Crippen molar-refractivity contribution in [1.82, 2.24) is 15.1 Å². The topological polar surface area (TPSA) is 61.9 Å². The Bertz CT molecular complexity index is 705. The summed E-state index contributed by atoms with van der Waals surface area (Å²) in [6, 6.07) is 11.0. The molecular weight excluding hydrogens is 402 g/mol. The molecule has 0 radical (unpaired) electrons. The number of hydrogen-bond donors (Lipinski definition) is 1. The van der Waals surface area contributed by atoms with Crippen molar-refractivity contribution >= 4 is 24.2 Å². The molecule has 3 unspecified atom stereocenters. The predicted molar refractivity (Wildman–Crippen MR) is 119 cm³/mol. The predicted octanol–water partition coefficient (Wildman–Crippen LogP) is 2.86. The minimum absolute atomic E-state index is 0. The summed E-state index contributed by atoms with van der Waals surface area (Å²) in [5, 5.41) is 3.64. The van der Waals surface area contributed by atoms with Gasteiger partial charge in [0.25, 0.3) is 0 Å². The van der Waals surface area contributed by atoms with Crippen LogP contribution in [-0.4, -0.2) is 66.5 Å². The summed E-state index contributed by atoms with van der Waals surface area (Å²) < 4.78 is 5.66. The summed E-state index contributed by atoms with van der Waals surface area (Å²) in [6.45, 7) is 1.66. The summed E-state index contributed by atoms with van der Waals surface area (Å²) in [4.78, 5) is 29.6. The van der Waals surface area contributed by atoms with Crippen molar-refractivity contribution in [2.75, 3.05) is 26.7 Å². The molecule has 4 rings (SSSR count). The van der Waals surface area contributed by atoms with E-state index in [4.69, 9.17) is 4.74 Å². The van der Waals surface area contributed by atoms with Crippen molar-refractivity contribution in [3.05, 3.63) is 30.3 Å². The zero-order chi connectivity index (χ0) is 20.2. The minimum Gasteiger partial charge on any atom is -0.493 e. The molecule has 0 saturated carbocycles. The molecule has 3 aliphatic rings. The summed E-state index contributed by atoms with van der Waals surface area (Å²) in [7, 11) is 1.96. The smallest absolute Gasteiger partial charge is 0.227 e. The lowest BCUT2D eigenvalue weighted by Crippen LogP contribution is -2.52. The van der Waals surface area contributed by atoms with Crippen LogP contribution >= 0.6 is 12.4 Å². The van der Waals surface area contributed by atoms with Gasteiger partial charge in [-0.1, -0.05) is 18.2 Å². The second-order valence-electron chi connectivity index (χ2n) is 8.80. The zero-order valence-corrected chi connectivity index (χ0v) is 18.6. The van der Waals surface area contributed by atoms with Gasteiger partial charge in [-0.2, -0.15) is 0 Å². The van der Waals surface area contributed by atoms with E-state index in [9.17, 15) is 9.59 Å². The highest BCUT2D eigenvalue weighted by atomic mass is 35.5. The molecule has 1 N–H and O–H groups in total. The number of piperidine rings is 2. The normalized spacial score (nSPS) is 27.8. The molecule has 3 atom stereocenters. The highest BCUT2D eigenvalue weighted by Crippen LogP contribution is 2.30. The largest absolute Gasteiger partial charge is 0.493 e. The Morgan fingerprint density at radius 3 is 2.53 bits per heavy atom. The molecule has 3 aliphatic heterocycles. The highest BCUT2D eigenvalue weighted by Gasteiger charge is 2.38. The van der Waals surface area contributed by atoms with Crippen molar-refractivity contribution in [2.24, 2.45) is 5.92 Å². The summed E-state index contributed by atoms with van der Waals surface area (Å²) in [5.74, 6) is 1.01. The van der Waals surface area contributed by atoms with Gasteiger partial charge in [0, 0.05) is 38.3 Å². The molecule has 2 amide bonds. The number of nitrogens with one attached hydrogen (secondary N) is 1. The van der Waals surface area contributed by atoms with Crippen molar-refractivity contribution in [1.29, 1.82) is 0 Å². The molecule has 2 bridgehead atoms. The monoisotopic (exact) mass is 435 g/mol. The van der Waals surface area contributed by atoms with E-state index >= 15 is 0 Å². The number of hydrogen-bond acceptors (Lipinski definition) is 4. The lowest BCUT2D eigenvalue weighted by molar-refractivity contribution is -0.142. The van der Waals surface area contributed by atoms with Gasteiger partial charge >= 0.3 is 0 Å². The Kier molecular flexibility index (Phi) is 8.00. The number of carbonyl (C=O) groups is 2. The third-order valence-electron chi connectivity index (χ3n) is 6.79. The molecule has 7 heteroatoms. The van der Waals surface area contributed by atoms with Crippen LogP contribution in [-0.2, 0) is 9.59 Å². The van der Waals surface area contributed by atoms with Crippen LogP contribution in [0.1, 0.15) is 44.9 Å². The van der Waals surface area contributed by atoms with Crippen molar-refractivity contribution in [2.45, 2.75) is 63.1 Å². The number of carbonyl (C=O) groups excluding carboxylic acids is 2. The SMILES string of the molecule is CN(C(=O)C1CCCN(C(=O)CCOc2ccccc2)C1)C1CC2CCC(C1)N2.Cl. The van der Waals surface area contributed by atoms with Gasteiger partial charge in [-0.15, -0.1) is 12.4 Å². The van der Waals surface area contributed by atoms with E-state index in [0.717, 1.165) is 38.0 Å². The van der Waals surface area contributed by atoms with E-state index in [1.165, 1.54) is 12.8 Å². The molecule has 0 spiro atoms. The van der Waals surface area contributed by atoms with Crippen molar-refractivity contribution < 1.29 is 14.3 Å². The van der Waals surface area contributed by atoms with Gasteiger partial charge < -0.3 is 19.9 Å². The molecule has 1 aromatic rings. The third kappa shape index (κ3) is 5.46. The fourth-order valence-corrected chi connectivity index (χ4v) is 5.15. The molecule has 30 heavy (non-hydrogen) atoms. The number of ether oxygens (including phenoxy) is 1. The number of amides is 2. The first-order valence-corrected chi connectivity index (χ1v) is 11.1. The number of nitrogens with zero attached hydrogens (tertiary/aromatic N) is 2. The average Bonchev–Trinajstić information content (AvgIpc) is 3.10. The standard InChI is InChI=1S/C23H33N3O3.ClH/c1-25(20-14-18-9-10-19(15-20)24-18)23(28)17-6-5-12-26(16-17)22(27)11-13-29-21-7-3-2-4-8-21;/h2-4,7-8,17-20,24H,5-6,9-16H2,1H3;1H. The first-order chi connectivity index (χ1) is 14.1. The second kappa shape index (κ2) is 10.5. The van der Waals surface area contributed by atoms with E-state index in [1.54, 1.807) is 0 Å². The Labute approximate surface area is 185 Å². The van der Waals surface area contributed by atoms with Gasteiger partial charge in [0.2, 0.25) is 11.8 Å². The number of benzene rings is 1. The van der Waals surface area contributed by atoms with Crippen LogP contribution in [0.15, 0.2) is 30.3 Å². The van der Waals surface area contributed by atoms with Crippen LogP contribution in [0.5, 0.6) is 5.75 Å². The maximum Gasteiger partial charge on any atom is 0.227 e. The van der Waals surface area contributed by atoms with Crippen LogP contribution in [0, 0.1) is 5.92 Å². The van der Waals surface area contributed by atoms with Crippen LogP contribution < -0.4 is 10.1 Å². The van der Waals surface area contributed by atoms with Crippen LogP contribution in [0.25, 0.3) is 0 Å². The van der Waals surface area contributed by atoms with Gasteiger partial charge in [-0.3, -0.25) is 9.59 Å². The van der Waals surface area contributed by atoms with E-state index in [2.05, 4.69) is 5.32 Å². The molecule has 1 aromatic carbocycles. The van der Waals surface area contributed by atoms with E-state index in [1.807, 2.05) is 47.2 Å². The first-order valence-electron chi connectivity index (χ1n) is 11.1. The highest BCUT2D eigenvalue weighted by molar-refractivity contribution is 5.85. The first kappa shape index (κ1) is 22.9. The molecule has 0 aromatic heterocycles. The number of rotatable bonds is 6. The van der Waals surface area contributed by atoms with Gasteiger partial charge in [0.15, 0.2) is 0 Å². The zero-order valence-electron chi connectivity index (χ0n) is 17.8. The molecule has 3 fully saturated rings. The van der Waals surface area contributed by atoms with Crippen LogP contribution in [0.2, 0.25) is 0 Å². The fraction of sp³-hybridized carbons (Fsp3) is 0.652. The molecule has 3 heterocycles. The average molecular weight is 436 g/mol. The Morgan fingerprint density at radius 1 is 1.13 bits per heavy atom. The van der Waals surface area contributed by atoms with E-state index < -0.39 is 0 Å². The lowest BCUT2D eigenvalue weighted by atomic mass is 9.93. The Morgan fingerprint density at radius 2 is 1.83 bits per heavy atom. The van der Waals surface area contributed by atoms with Gasteiger partial charge in [-0.05, 0) is 50.7 Å². The molecular formula is C23H34ClN3O3. The van der Waals surface area contributed by atoms with Crippen LogP contribution in [0.4, 0.5) is 0 Å². The number of halogens is 1. The summed E-state index contributed by atoms with van der Waals surface area (Å²) in [6.07, 6.45) is 6.72. The molecule has 6 nitrogen and oxygen atoms in total. The van der Waals surface area contributed by atoms with Gasteiger partial charge in [0.05, 0.1) is 18.9 Å². The Balaban J connectivity index is 0.00000256. The van der Waals surface area contributed by atoms with Crippen molar-refractivity contribution in [3.63, 3.8) is 0 Å². The fourth-order valence-electron chi connectivity index (χ4n) is 5.15. The molecule has 166 valence electrons.